The summed E-state index contributed by atoms with van der Waals surface area (Å²) in [6.07, 6.45) is 0. The average Bonchev–Trinajstić information content (AvgIpc) is 1.25. The van der Waals surface area contributed by atoms with Crippen LogP contribution in [-0.2, 0) is 37.6 Å². The minimum absolute atomic E-state index is 0. The van der Waals surface area contributed by atoms with Crippen LogP contribution in [0.25, 0.3) is 0 Å². The average molecular weight is 220 g/mol. The fourth-order valence-corrected chi connectivity index (χ4v) is 0. The van der Waals surface area contributed by atoms with Crippen molar-refractivity contribution in [2.75, 3.05) is 0 Å². The first-order valence-corrected chi connectivity index (χ1v) is 1.82. The van der Waals surface area contributed by atoms with E-state index in [2.05, 4.69) is 0 Å². The van der Waals surface area contributed by atoms with Crippen LogP contribution < -0.4 is 10.2 Å². The number of carbonyl (C=O) groups excluding carboxylic acids is 2. The van der Waals surface area contributed by atoms with Crippen LogP contribution in [0.4, 0.5) is 0 Å². The van der Waals surface area contributed by atoms with E-state index in [9.17, 15) is 0 Å². The largest absolute Gasteiger partial charge is 2.00 e. The zero-order valence-electron chi connectivity index (χ0n) is 6.09. The Labute approximate surface area is 74.3 Å². The third-order valence-corrected chi connectivity index (χ3v) is 0. The Morgan fingerprint density at radius 2 is 0.909 bits per heavy atom. The maximum absolute atomic E-state index is 8.89. The summed E-state index contributed by atoms with van der Waals surface area (Å²) in [6, 6.07) is 0. The molecule has 0 rings (SSSR count). The van der Waals surface area contributed by atoms with Gasteiger partial charge in [0.25, 0.3) is 0 Å². The molecular weight excluding hydrogens is 208 g/mol. The number of carboxylic acid groups (broad SMARTS) is 2. The molecule has 0 heterocycles. The van der Waals surface area contributed by atoms with Crippen LogP contribution in [-0.4, -0.2) is 11.9 Å². The Bertz CT molecular complexity index is 72.6. The molecule has 6 nitrogen and oxygen atoms in total. The Hall–Kier alpha value is -0.621. The standard InChI is InChI=1S/2C2H4O2.Cu.2H2O/c2*1-2(3)4;;;/h2*1H3,(H,3,4);;2*1H2/q;;+2;;. The van der Waals surface area contributed by atoms with E-state index in [0.29, 0.717) is 0 Å². The topological polar surface area (TPSA) is 146 Å². The number of hydrogen-bond acceptors (Lipinski definition) is 4. The molecule has 0 saturated carbocycles. The van der Waals surface area contributed by atoms with Crippen LogP contribution >= 0.6 is 0 Å². The predicted octanol–water partition coefficient (Wildman–Crippen LogP) is -4.33. The van der Waals surface area contributed by atoms with E-state index in [1.54, 1.807) is 0 Å². The molecule has 73 valence electrons. The normalized spacial score (nSPS) is 4.55. The summed E-state index contributed by atoms with van der Waals surface area (Å²) in [7, 11) is 0. The zero-order chi connectivity index (χ0) is 7.15. The molecule has 11 heavy (non-hydrogen) atoms. The van der Waals surface area contributed by atoms with Gasteiger partial charge in [0, 0.05) is 11.9 Å². The summed E-state index contributed by atoms with van der Waals surface area (Å²) in [4.78, 5) is 17.8. The third-order valence-electron chi connectivity index (χ3n) is 0. The van der Waals surface area contributed by atoms with Crippen molar-refractivity contribution in [1.82, 2.24) is 0 Å². The molecule has 0 atom stereocenters. The SMILES string of the molecule is CC(=O)[O-].CC(=O)[O-].[Cu+2].[OH3+].[OH3+]. The third kappa shape index (κ3) is 1330. The summed E-state index contributed by atoms with van der Waals surface area (Å²) >= 11 is 0. The second-order valence-corrected chi connectivity index (χ2v) is 0.983. The summed E-state index contributed by atoms with van der Waals surface area (Å²) in [6.45, 7) is 1.94. The van der Waals surface area contributed by atoms with E-state index < -0.39 is 11.9 Å². The van der Waals surface area contributed by atoms with E-state index >= 15 is 0 Å². The molecule has 0 aromatic heterocycles. The van der Waals surface area contributed by atoms with Crippen LogP contribution in [0.5, 0.6) is 0 Å². The second-order valence-electron chi connectivity index (χ2n) is 0.983. The number of carbonyl (C=O) groups is 2. The van der Waals surface area contributed by atoms with E-state index in [1.165, 1.54) is 0 Å². The minimum atomic E-state index is -1.08. The number of carboxylic acids is 2. The quantitative estimate of drug-likeness (QED) is 0.299. The van der Waals surface area contributed by atoms with Gasteiger partial charge in [-0.05, 0) is 13.8 Å². The summed E-state index contributed by atoms with van der Waals surface area (Å²) in [5.41, 5.74) is 0. The van der Waals surface area contributed by atoms with Crippen molar-refractivity contribution in [2.24, 2.45) is 0 Å². The minimum Gasteiger partial charge on any atom is -0.550 e. The van der Waals surface area contributed by atoms with Crippen molar-refractivity contribution in [3.8, 4) is 0 Å². The molecule has 0 spiro atoms. The van der Waals surface area contributed by atoms with Crippen LogP contribution in [0, 0.1) is 0 Å². The summed E-state index contributed by atoms with van der Waals surface area (Å²) in [5, 5.41) is 17.8. The summed E-state index contributed by atoms with van der Waals surface area (Å²) in [5.74, 6) is -2.17. The molecule has 0 unspecified atom stereocenters. The molecule has 0 aliphatic carbocycles. The zero-order valence-corrected chi connectivity index (χ0v) is 7.03. The maximum atomic E-state index is 8.89. The molecule has 0 aromatic carbocycles. The molecule has 0 amide bonds. The number of rotatable bonds is 0. The van der Waals surface area contributed by atoms with Crippen molar-refractivity contribution < 1.29 is 47.8 Å². The molecule has 1 radical (unpaired) electrons. The number of hydrogen-bond donors (Lipinski definition) is 0. The van der Waals surface area contributed by atoms with Gasteiger partial charge in [0.2, 0.25) is 0 Å². The molecule has 0 aliphatic heterocycles. The van der Waals surface area contributed by atoms with Crippen molar-refractivity contribution in [2.45, 2.75) is 13.8 Å². The van der Waals surface area contributed by atoms with Crippen molar-refractivity contribution >= 4 is 11.9 Å². The smallest absolute Gasteiger partial charge is 0.550 e. The molecule has 6 N–H and O–H groups in total. The van der Waals surface area contributed by atoms with Gasteiger partial charge >= 0.3 is 17.1 Å². The fourth-order valence-electron chi connectivity index (χ4n) is 0. The second kappa shape index (κ2) is 22.8. The predicted molar refractivity (Wildman–Crippen MR) is 31.1 cm³/mol. The first-order valence-electron chi connectivity index (χ1n) is 1.82. The molecule has 0 bridgehead atoms. The van der Waals surface area contributed by atoms with E-state index in [1.807, 2.05) is 0 Å². The van der Waals surface area contributed by atoms with Crippen LogP contribution in [0.3, 0.4) is 0 Å². The van der Waals surface area contributed by atoms with Gasteiger partial charge in [0.15, 0.2) is 0 Å². The van der Waals surface area contributed by atoms with Crippen molar-refractivity contribution in [3.05, 3.63) is 0 Å². The van der Waals surface area contributed by atoms with Gasteiger partial charge in [-0.2, -0.15) is 0 Å². The van der Waals surface area contributed by atoms with Gasteiger partial charge in [-0.15, -0.1) is 0 Å². The Kier molecular flexibility index (Phi) is 65.3. The molecule has 0 saturated heterocycles. The van der Waals surface area contributed by atoms with Gasteiger partial charge in [-0.1, -0.05) is 0 Å². The molecule has 0 aromatic rings. The molecule has 7 heteroatoms. The van der Waals surface area contributed by atoms with Crippen LogP contribution in [0.1, 0.15) is 13.8 Å². The van der Waals surface area contributed by atoms with Crippen molar-refractivity contribution in [3.63, 3.8) is 0 Å². The number of aliphatic carboxylic acids is 2. The Balaban J connectivity index is -0.0000000171. The van der Waals surface area contributed by atoms with Crippen LogP contribution in [0.15, 0.2) is 0 Å². The Morgan fingerprint density at radius 3 is 0.909 bits per heavy atom. The molecule has 0 aliphatic rings. The summed E-state index contributed by atoms with van der Waals surface area (Å²) < 4.78 is 0. The fraction of sp³-hybridized carbons (Fsp3) is 0.500. The van der Waals surface area contributed by atoms with Crippen LogP contribution in [0.2, 0.25) is 0 Å². The molecular formula is C4H12CuO6+2. The Morgan fingerprint density at radius 1 is 0.909 bits per heavy atom. The van der Waals surface area contributed by atoms with Crippen molar-refractivity contribution in [1.29, 1.82) is 0 Å². The van der Waals surface area contributed by atoms with E-state index in [-0.39, 0.29) is 28.0 Å². The molecule has 0 fully saturated rings. The van der Waals surface area contributed by atoms with Gasteiger partial charge in [0.05, 0.1) is 0 Å². The first-order chi connectivity index (χ1) is 3.46. The first kappa shape index (κ1) is 31.6. The van der Waals surface area contributed by atoms with E-state index in [0.717, 1.165) is 13.8 Å². The van der Waals surface area contributed by atoms with E-state index in [4.69, 9.17) is 19.8 Å². The maximum Gasteiger partial charge on any atom is 2.00 e. The van der Waals surface area contributed by atoms with Gasteiger partial charge < -0.3 is 30.8 Å². The monoisotopic (exact) mass is 219 g/mol. The van der Waals surface area contributed by atoms with Gasteiger partial charge in [-0.3, -0.25) is 0 Å². The van der Waals surface area contributed by atoms with Gasteiger partial charge in [0.1, 0.15) is 0 Å². The van der Waals surface area contributed by atoms with Gasteiger partial charge in [-0.25, -0.2) is 0 Å².